The van der Waals surface area contributed by atoms with Gasteiger partial charge in [-0.15, -0.1) is 0 Å². The number of benzene rings is 1. The van der Waals surface area contributed by atoms with Crippen molar-refractivity contribution in [3.05, 3.63) is 26.7 Å². The van der Waals surface area contributed by atoms with Crippen LogP contribution in [0.15, 0.2) is 16.6 Å². The van der Waals surface area contributed by atoms with E-state index in [4.69, 9.17) is 32.7 Å². The SMILES string of the molecule is CC(C)(C)OCC(C)(C)Oc1cc(Cl)c(Cl)c(Br)c1. The number of hydrogen-bond donors (Lipinski definition) is 0. The number of halogens is 3. The van der Waals surface area contributed by atoms with E-state index in [9.17, 15) is 0 Å². The highest BCUT2D eigenvalue weighted by molar-refractivity contribution is 9.10. The molecule has 0 saturated carbocycles. The van der Waals surface area contributed by atoms with Crippen LogP contribution in [0.2, 0.25) is 10.0 Å². The smallest absolute Gasteiger partial charge is 0.127 e. The van der Waals surface area contributed by atoms with E-state index in [1.807, 2.05) is 34.6 Å². The summed E-state index contributed by atoms with van der Waals surface area (Å²) in [5.41, 5.74) is -0.650. The van der Waals surface area contributed by atoms with Crippen LogP contribution < -0.4 is 4.74 Å². The van der Waals surface area contributed by atoms with Crippen LogP contribution in [0, 0.1) is 0 Å². The first-order valence-electron chi connectivity index (χ1n) is 5.98. The molecular formula is C14H19BrCl2O2. The summed E-state index contributed by atoms with van der Waals surface area (Å²) in [6.45, 7) is 10.5. The van der Waals surface area contributed by atoms with E-state index < -0.39 is 5.60 Å². The van der Waals surface area contributed by atoms with Crippen LogP contribution in [0.25, 0.3) is 0 Å². The summed E-state index contributed by atoms with van der Waals surface area (Å²) in [6, 6.07) is 3.50. The van der Waals surface area contributed by atoms with Crippen molar-refractivity contribution in [1.82, 2.24) is 0 Å². The number of hydrogen-bond acceptors (Lipinski definition) is 2. The Morgan fingerprint density at radius 2 is 1.68 bits per heavy atom. The topological polar surface area (TPSA) is 18.5 Å². The Hall–Kier alpha value is 0.0400. The first kappa shape index (κ1) is 17.1. The van der Waals surface area contributed by atoms with Crippen LogP contribution >= 0.6 is 39.1 Å². The van der Waals surface area contributed by atoms with Crippen molar-refractivity contribution >= 4 is 39.1 Å². The lowest BCUT2D eigenvalue weighted by Gasteiger charge is -2.30. The van der Waals surface area contributed by atoms with Gasteiger partial charge in [-0.3, -0.25) is 0 Å². The Morgan fingerprint density at radius 3 is 2.16 bits per heavy atom. The molecule has 1 aromatic rings. The van der Waals surface area contributed by atoms with E-state index in [0.717, 1.165) is 0 Å². The molecule has 2 nitrogen and oxygen atoms in total. The zero-order valence-corrected chi connectivity index (χ0v) is 14.9. The van der Waals surface area contributed by atoms with Gasteiger partial charge in [-0.1, -0.05) is 23.2 Å². The molecule has 0 unspecified atom stereocenters. The minimum absolute atomic E-state index is 0.196. The molecule has 0 amide bonds. The van der Waals surface area contributed by atoms with Crippen molar-refractivity contribution in [2.75, 3.05) is 6.61 Å². The van der Waals surface area contributed by atoms with Gasteiger partial charge in [0.15, 0.2) is 0 Å². The summed E-state index contributed by atoms with van der Waals surface area (Å²) in [5, 5.41) is 0.941. The molecule has 0 spiro atoms. The van der Waals surface area contributed by atoms with Crippen molar-refractivity contribution in [2.45, 2.75) is 45.8 Å². The van der Waals surface area contributed by atoms with Crippen LogP contribution in [0.1, 0.15) is 34.6 Å². The third-order valence-electron chi connectivity index (χ3n) is 2.20. The summed E-state index contributed by atoms with van der Waals surface area (Å²) >= 11 is 15.4. The molecule has 0 radical (unpaired) electrons. The van der Waals surface area contributed by atoms with E-state index in [1.165, 1.54) is 0 Å². The van der Waals surface area contributed by atoms with Gasteiger partial charge in [0.1, 0.15) is 11.4 Å². The second kappa shape index (κ2) is 6.21. The third-order valence-corrected chi connectivity index (χ3v) is 3.86. The minimum Gasteiger partial charge on any atom is -0.485 e. The molecular weight excluding hydrogens is 351 g/mol. The molecule has 0 N–H and O–H groups in total. The van der Waals surface area contributed by atoms with Gasteiger partial charge in [-0.2, -0.15) is 0 Å². The zero-order valence-electron chi connectivity index (χ0n) is 11.8. The maximum absolute atomic E-state index is 6.02. The molecule has 5 heteroatoms. The molecule has 19 heavy (non-hydrogen) atoms. The Morgan fingerprint density at radius 1 is 1.11 bits per heavy atom. The quantitative estimate of drug-likeness (QED) is 0.631. The maximum atomic E-state index is 6.02. The molecule has 0 heterocycles. The standard InChI is InChI=1S/C14H19BrCl2O2/c1-13(2,3)18-8-14(4,5)19-9-6-10(15)12(17)11(16)7-9/h6-7H,8H2,1-5H3. The van der Waals surface area contributed by atoms with Crippen LogP contribution in [0.4, 0.5) is 0 Å². The van der Waals surface area contributed by atoms with Gasteiger partial charge in [0.25, 0.3) is 0 Å². The summed E-state index contributed by atoms with van der Waals surface area (Å²) in [6.07, 6.45) is 0. The predicted octanol–water partition coefficient (Wildman–Crippen LogP) is 5.73. The second-order valence-electron chi connectivity index (χ2n) is 5.96. The lowest BCUT2D eigenvalue weighted by atomic mass is 10.1. The van der Waals surface area contributed by atoms with E-state index in [-0.39, 0.29) is 5.60 Å². The fourth-order valence-corrected chi connectivity index (χ4v) is 2.20. The van der Waals surface area contributed by atoms with Crippen molar-refractivity contribution in [3.63, 3.8) is 0 Å². The van der Waals surface area contributed by atoms with Gasteiger partial charge in [-0.25, -0.2) is 0 Å². The Labute approximate surface area is 133 Å². The lowest BCUT2D eigenvalue weighted by Crippen LogP contribution is -2.37. The average molecular weight is 370 g/mol. The normalized spacial score (nSPS) is 12.6. The molecule has 0 aliphatic carbocycles. The first-order valence-corrected chi connectivity index (χ1v) is 7.53. The van der Waals surface area contributed by atoms with E-state index in [2.05, 4.69) is 15.9 Å². The van der Waals surface area contributed by atoms with Gasteiger partial charge in [0.05, 0.1) is 22.3 Å². The molecule has 0 bridgehead atoms. The van der Waals surface area contributed by atoms with E-state index in [0.29, 0.717) is 26.9 Å². The van der Waals surface area contributed by atoms with E-state index >= 15 is 0 Å². The number of rotatable bonds is 4. The molecule has 0 aromatic heterocycles. The van der Waals surface area contributed by atoms with Crippen molar-refractivity contribution in [2.24, 2.45) is 0 Å². The molecule has 0 saturated heterocycles. The van der Waals surface area contributed by atoms with Gasteiger partial charge in [0, 0.05) is 10.5 Å². The monoisotopic (exact) mass is 368 g/mol. The number of ether oxygens (including phenoxy) is 2. The van der Waals surface area contributed by atoms with Crippen molar-refractivity contribution in [3.8, 4) is 5.75 Å². The predicted molar refractivity (Wildman–Crippen MR) is 84.6 cm³/mol. The Bertz CT molecular complexity index is 430. The fraction of sp³-hybridized carbons (Fsp3) is 0.571. The highest BCUT2D eigenvalue weighted by Crippen LogP contribution is 2.35. The summed E-state index contributed by atoms with van der Waals surface area (Å²) < 4.78 is 12.4. The fourth-order valence-electron chi connectivity index (χ4n) is 1.33. The molecule has 0 aliphatic heterocycles. The summed E-state index contributed by atoms with van der Waals surface area (Å²) in [7, 11) is 0. The highest BCUT2D eigenvalue weighted by Gasteiger charge is 2.24. The molecule has 0 aliphatic rings. The molecule has 0 fully saturated rings. The highest BCUT2D eigenvalue weighted by atomic mass is 79.9. The first-order chi connectivity index (χ1) is 8.50. The third kappa shape index (κ3) is 5.90. The minimum atomic E-state index is -0.454. The average Bonchev–Trinajstić information content (AvgIpc) is 2.22. The van der Waals surface area contributed by atoms with Crippen molar-refractivity contribution < 1.29 is 9.47 Å². The van der Waals surface area contributed by atoms with Gasteiger partial charge < -0.3 is 9.47 Å². The van der Waals surface area contributed by atoms with Crippen LogP contribution in [-0.2, 0) is 4.74 Å². The van der Waals surface area contributed by atoms with E-state index in [1.54, 1.807) is 12.1 Å². The lowest BCUT2D eigenvalue weighted by molar-refractivity contribution is -0.0723. The molecule has 1 aromatic carbocycles. The molecule has 0 atom stereocenters. The van der Waals surface area contributed by atoms with Crippen LogP contribution in [-0.4, -0.2) is 17.8 Å². The Balaban J connectivity index is 2.78. The largest absolute Gasteiger partial charge is 0.485 e. The molecule has 108 valence electrons. The van der Waals surface area contributed by atoms with Crippen molar-refractivity contribution in [1.29, 1.82) is 0 Å². The van der Waals surface area contributed by atoms with Gasteiger partial charge >= 0.3 is 0 Å². The zero-order chi connectivity index (χ0) is 14.8. The Kier molecular flexibility index (Phi) is 5.59. The maximum Gasteiger partial charge on any atom is 0.127 e. The summed E-state index contributed by atoms with van der Waals surface area (Å²) in [5.74, 6) is 0.656. The van der Waals surface area contributed by atoms with Crippen LogP contribution in [0.3, 0.4) is 0 Å². The molecule has 1 rings (SSSR count). The summed E-state index contributed by atoms with van der Waals surface area (Å²) in [4.78, 5) is 0. The second-order valence-corrected chi connectivity index (χ2v) is 7.60. The van der Waals surface area contributed by atoms with Crippen LogP contribution in [0.5, 0.6) is 5.75 Å². The van der Waals surface area contributed by atoms with Gasteiger partial charge in [0.2, 0.25) is 0 Å². The van der Waals surface area contributed by atoms with Gasteiger partial charge in [-0.05, 0) is 56.6 Å².